The number of halogens is 1. The number of aryl methyl sites for hydroxylation is 2. The zero-order valence-corrected chi connectivity index (χ0v) is 12.1. The van der Waals surface area contributed by atoms with E-state index in [-0.39, 0.29) is 6.04 Å². The molecule has 3 N–H and O–H groups in total. The monoisotopic (exact) mass is 282 g/mol. The molecule has 1 atom stereocenters. The van der Waals surface area contributed by atoms with Gasteiger partial charge in [-0.15, -0.1) is 0 Å². The number of hydrazine groups is 1. The topological polar surface area (TPSA) is 73.7 Å². The summed E-state index contributed by atoms with van der Waals surface area (Å²) in [6, 6.07) is -0.213. The van der Waals surface area contributed by atoms with Crippen molar-refractivity contribution in [2.45, 2.75) is 32.9 Å². The summed E-state index contributed by atoms with van der Waals surface area (Å²) in [5.41, 5.74) is 5.74. The van der Waals surface area contributed by atoms with E-state index in [1.165, 1.54) is 0 Å². The van der Waals surface area contributed by atoms with E-state index in [4.69, 9.17) is 17.4 Å². The normalized spacial score (nSPS) is 12.9. The predicted octanol–water partition coefficient (Wildman–Crippen LogP) is 1.54. The molecule has 2 aromatic rings. The van der Waals surface area contributed by atoms with E-state index in [0.29, 0.717) is 5.02 Å². The summed E-state index contributed by atoms with van der Waals surface area (Å²) in [5.74, 6) is 5.72. The average Bonchev–Trinajstić information content (AvgIpc) is 2.90. The summed E-state index contributed by atoms with van der Waals surface area (Å²) < 4.78 is 3.70. The smallest absolute Gasteiger partial charge is 0.0926 e. The molecule has 0 radical (unpaired) electrons. The molecule has 0 aliphatic rings. The third-order valence-electron chi connectivity index (χ3n) is 3.29. The Kier molecular flexibility index (Phi) is 4.24. The number of nitrogens with one attached hydrogen (secondary N) is 1. The van der Waals surface area contributed by atoms with Crippen molar-refractivity contribution in [3.63, 3.8) is 0 Å². The highest BCUT2D eigenvalue weighted by atomic mass is 35.5. The summed E-state index contributed by atoms with van der Waals surface area (Å²) >= 11 is 6.26. The molecule has 0 aliphatic heterocycles. The van der Waals surface area contributed by atoms with Gasteiger partial charge in [0.25, 0.3) is 0 Å². The second-order valence-corrected chi connectivity index (χ2v) is 4.92. The van der Waals surface area contributed by atoms with Gasteiger partial charge in [-0.05, 0) is 13.3 Å². The first kappa shape index (κ1) is 14.0. The molecule has 19 heavy (non-hydrogen) atoms. The van der Waals surface area contributed by atoms with E-state index >= 15 is 0 Å². The molecule has 0 fully saturated rings. The minimum Gasteiger partial charge on any atom is -0.273 e. The van der Waals surface area contributed by atoms with Gasteiger partial charge in [-0.2, -0.15) is 10.2 Å². The van der Waals surface area contributed by atoms with Gasteiger partial charge in [0, 0.05) is 24.8 Å². The van der Waals surface area contributed by atoms with E-state index in [1.54, 1.807) is 12.4 Å². The molecule has 6 nitrogen and oxygen atoms in total. The highest BCUT2D eigenvalue weighted by Crippen LogP contribution is 2.29. The van der Waals surface area contributed by atoms with Crippen LogP contribution in [0.5, 0.6) is 0 Å². The average molecular weight is 283 g/mol. The molecule has 2 rings (SSSR count). The maximum absolute atomic E-state index is 6.26. The Labute approximate surface area is 117 Å². The lowest BCUT2D eigenvalue weighted by Gasteiger charge is -2.18. The van der Waals surface area contributed by atoms with Crippen LogP contribution in [0.15, 0.2) is 12.4 Å². The summed E-state index contributed by atoms with van der Waals surface area (Å²) in [4.78, 5) is 0. The first-order valence-electron chi connectivity index (χ1n) is 6.26. The fourth-order valence-electron chi connectivity index (χ4n) is 2.16. The van der Waals surface area contributed by atoms with Crippen LogP contribution >= 0.6 is 11.6 Å². The van der Waals surface area contributed by atoms with Crippen molar-refractivity contribution in [1.29, 1.82) is 0 Å². The Bertz CT molecular complexity index is 559. The van der Waals surface area contributed by atoms with Gasteiger partial charge in [0.15, 0.2) is 0 Å². The third kappa shape index (κ3) is 2.51. The van der Waals surface area contributed by atoms with Gasteiger partial charge in [-0.3, -0.25) is 15.2 Å². The first-order valence-corrected chi connectivity index (χ1v) is 6.63. The Morgan fingerprint density at radius 3 is 2.68 bits per heavy atom. The fraction of sp³-hybridized carbons (Fsp3) is 0.500. The lowest BCUT2D eigenvalue weighted by molar-refractivity contribution is 0.519. The van der Waals surface area contributed by atoms with Crippen LogP contribution < -0.4 is 11.3 Å². The highest BCUT2D eigenvalue weighted by molar-refractivity contribution is 6.31. The van der Waals surface area contributed by atoms with Crippen LogP contribution in [0.1, 0.15) is 36.3 Å². The van der Waals surface area contributed by atoms with E-state index in [1.807, 2.05) is 23.3 Å². The molecule has 0 aliphatic carbocycles. The number of aromatic nitrogens is 4. The quantitative estimate of drug-likeness (QED) is 0.644. The van der Waals surface area contributed by atoms with Crippen molar-refractivity contribution in [3.8, 4) is 0 Å². The van der Waals surface area contributed by atoms with Crippen molar-refractivity contribution in [2.75, 3.05) is 0 Å². The second-order valence-electron chi connectivity index (χ2n) is 4.51. The van der Waals surface area contributed by atoms with Crippen molar-refractivity contribution >= 4 is 11.6 Å². The van der Waals surface area contributed by atoms with Gasteiger partial charge in [0.2, 0.25) is 0 Å². The Morgan fingerprint density at radius 2 is 2.16 bits per heavy atom. The van der Waals surface area contributed by atoms with Gasteiger partial charge >= 0.3 is 0 Å². The van der Waals surface area contributed by atoms with Crippen molar-refractivity contribution in [2.24, 2.45) is 12.9 Å². The van der Waals surface area contributed by atoms with Crippen molar-refractivity contribution < 1.29 is 0 Å². The molecular weight excluding hydrogens is 264 g/mol. The number of nitrogens with zero attached hydrogens (tertiary/aromatic N) is 4. The summed E-state index contributed by atoms with van der Waals surface area (Å²) in [5, 5.41) is 9.16. The zero-order chi connectivity index (χ0) is 14.0. The van der Waals surface area contributed by atoms with E-state index in [0.717, 1.165) is 29.9 Å². The lowest BCUT2D eigenvalue weighted by Crippen LogP contribution is -2.31. The summed E-state index contributed by atoms with van der Waals surface area (Å²) in [6.45, 7) is 4.90. The third-order valence-corrected chi connectivity index (χ3v) is 3.58. The van der Waals surface area contributed by atoms with Crippen LogP contribution in [0.25, 0.3) is 0 Å². The predicted molar refractivity (Wildman–Crippen MR) is 74.6 cm³/mol. The summed E-state index contributed by atoms with van der Waals surface area (Å²) in [6.07, 6.45) is 4.44. The molecule has 0 aromatic carbocycles. The number of hydrogen-bond donors (Lipinski definition) is 2. The molecular formula is C12H19ClN6. The molecule has 0 bridgehead atoms. The maximum atomic E-state index is 6.26. The molecule has 0 saturated carbocycles. The number of nitrogens with two attached hydrogens (primary N) is 1. The van der Waals surface area contributed by atoms with E-state index in [2.05, 4.69) is 22.5 Å². The maximum Gasteiger partial charge on any atom is 0.0926 e. The van der Waals surface area contributed by atoms with Crippen molar-refractivity contribution in [3.05, 3.63) is 34.4 Å². The Hall–Kier alpha value is -1.37. The molecule has 0 spiro atoms. The molecule has 2 heterocycles. The van der Waals surface area contributed by atoms with Gasteiger partial charge < -0.3 is 0 Å². The van der Waals surface area contributed by atoms with Gasteiger partial charge in [0.1, 0.15) is 0 Å². The molecule has 2 aromatic heterocycles. The molecule has 104 valence electrons. The van der Waals surface area contributed by atoms with Gasteiger partial charge in [-0.25, -0.2) is 5.43 Å². The van der Waals surface area contributed by atoms with Crippen LogP contribution in [0.3, 0.4) is 0 Å². The first-order chi connectivity index (χ1) is 9.10. The second kappa shape index (κ2) is 5.73. The minimum absolute atomic E-state index is 0.213. The highest BCUT2D eigenvalue weighted by Gasteiger charge is 2.24. The van der Waals surface area contributed by atoms with Crippen LogP contribution in [-0.4, -0.2) is 19.6 Å². The van der Waals surface area contributed by atoms with Gasteiger partial charge in [0.05, 0.1) is 29.2 Å². The Balaban J connectivity index is 2.48. The van der Waals surface area contributed by atoms with Crippen LogP contribution in [0.2, 0.25) is 5.02 Å². The van der Waals surface area contributed by atoms with Crippen molar-refractivity contribution in [1.82, 2.24) is 25.0 Å². The van der Waals surface area contributed by atoms with Crippen LogP contribution in [0, 0.1) is 6.92 Å². The van der Waals surface area contributed by atoms with Crippen LogP contribution in [-0.2, 0) is 13.6 Å². The minimum atomic E-state index is -0.213. The standard InChI is InChI=1S/C12H19ClN6/c1-4-5-19-12(10(13)7-16-19)11(17-14)9-6-15-18(3)8(9)2/h6-7,11,17H,4-5,14H2,1-3H3. The molecule has 1 unspecified atom stereocenters. The molecule has 7 heteroatoms. The summed E-state index contributed by atoms with van der Waals surface area (Å²) in [7, 11) is 1.90. The van der Waals surface area contributed by atoms with Gasteiger partial charge in [-0.1, -0.05) is 18.5 Å². The Morgan fingerprint density at radius 1 is 1.42 bits per heavy atom. The zero-order valence-electron chi connectivity index (χ0n) is 11.4. The SMILES string of the molecule is CCCn1ncc(Cl)c1C(NN)c1cnn(C)c1C. The van der Waals surface area contributed by atoms with E-state index in [9.17, 15) is 0 Å². The fourth-order valence-corrected chi connectivity index (χ4v) is 2.41. The van der Waals surface area contributed by atoms with Crippen LogP contribution in [0.4, 0.5) is 0 Å². The number of rotatable bonds is 5. The molecule has 0 amide bonds. The number of hydrogen-bond acceptors (Lipinski definition) is 4. The van der Waals surface area contributed by atoms with E-state index < -0.39 is 0 Å². The lowest BCUT2D eigenvalue weighted by atomic mass is 10.1. The largest absolute Gasteiger partial charge is 0.273 e. The molecule has 0 saturated heterocycles.